The first-order valence-corrected chi connectivity index (χ1v) is 7.57. The minimum absolute atomic E-state index is 0.00993. The van der Waals surface area contributed by atoms with Crippen LogP contribution < -0.4 is 5.32 Å². The number of carbonyl (C=O) groups excluding carboxylic acids is 1. The minimum Gasteiger partial charge on any atom is -0.356 e. The van der Waals surface area contributed by atoms with Crippen LogP contribution in [0.4, 0.5) is 4.39 Å². The molecule has 0 aliphatic rings. The van der Waals surface area contributed by atoms with Crippen LogP contribution in [0.25, 0.3) is 11.0 Å². The second-order valence-electron chi connectivity index (χ2n) is 4.47. The number of H-pyrrole nitrogens is 1. The molecule has 20 heavy (non-hydrogen) atoms. The normalized spacial score (nSPS) is 10.9. The lowest BCUT2D eigenvalue weighted by molar-refractivity contribution is -0.121. The molecule has 0 bridgehead atoms. The van der Waals surface area contributed by atoms with Crippen LogP contribution in [0.15, 0.2) is 16.6 Å². The highest BCUT2D eigenvalue weighted by Crippen LogP contribution is 2.23. The van der Waals surface area contributed by atoms with Crippen molar-refractivity contribution in [2.45, 2.75) is 26.3 Å². The van der Waals surface area contributed by atoms with Crippen molar-refractivity contribution >= 4 is 45.1 Å². The predicted octanol–water partition coefficient (Wildman–Crippen LogP) is 3.52. The predicted molar refractivity (Wildman–Crippen MR) is 82.7 cm³/mol. The minimum atomic E-state index is -0.346. The lowest BCUT2D eigenvalue weighted by Gasteiger charge is -2.06. The molecule has 0 atom stereocenters. The van der Waals surface area contributed by atoms with Crippen LogP contribution in [0.1, 0.15) is 19.8 Å². The highest BCUT2D eigenvalue weighted by atomic mass is 79.9. The van der Waals surface area contributed by atoms with Crippen LogP contribution in [0.2, 0.25) is 0 Å². The number of nitrogens with one attached hydrogen (secondary N) is 2. The van der Waals surface area contributed by atoms with Crippen molar-refractivity contribution in [3.63, 3.8) is 0 Å². The van der Waals surface area contributed by atoms with E-state index < -0.39 is 0 Å². The summed E-state index contributed by atoms with van der Waals surface area (Å²) in [5.41, 5.74) is 1.41. The zero-order chi connectivity index (χ0) is 14.7. The molecule has 0 aliphatic heterocycles. The van der Waals surface area contributed by atoms with E-state index in [2.05, 4.69) is 26.2 Å². The molecule has 0 radical (unpaired) electrons. The standard InChI is InChI=1S/C13H15BrFN3OS/c1-2-4-16-12(19)3-5-18-11-6-8(14)9(15)7-10(11)17-13(18)20/h6-7H,2-5H2,1H3,(H,16,19)(H,17,20). The van der Waals surface area contributed by atoms with Gasteiger partial charge in [-0.1, -0.05) is 6.92 Å². The molecule has 0 saturated heterocycles. The molecule has 1 amide bonds. The molecule has 0 spiro atoms. The molecule has 2 N–H and O–H groups in total. The molecule has 7 heteroatoms. The summed E-state index contributed by atoms with van der Waals surface area (Å²) >= 11 is 8.38. The van der Waals surface area contributed by atoms with E-state index >= 15 is 0 Å². The number of carbonyl (C=O) groups is 1. The third-order valence-electron chi connectivity index (χ3n) is 2.95. The molecule has 1 aromatic carbocycles. The average molecular weight is 360 g/mol. The Morgan fingerprint density at radius 3 is 3.00 bits per heavy atom. The van der Waals surface area contributed by atoms with Gasteiger partial charge in [-0.3, -0.25) is 4.79 Å². The van der Waals surface area contributed by atoms with E-state index in [0.29, 0.717) is 34.3 Å². The molecule has 108 valence electrons. The molecule has 0 saturated carbocycles. The van der Waals surface area contributed by atoms with Crippen molar-refractivity contribution in [3.8, 4) is 0 Å². The Balaban J connectivity index is 2.22. The van der Waals surface area contributed by atoms with Gasteiger partial charge in [0.1, 0.15) is 5.82 Å². The maximum absolute atomic E-state index is 13.5. The fourth-order valence-corrected chi connectivity index (χ4v) is 2.57. The summed E-state index contributed by atoms with van der Waals surface area (Å²) in [5.74, 6) is -0.356. The van der Waals surface area contributed by atoms with E-state index in [4.69, 9.17) is 12.2 Å². The van der Waals surface area contributed by atoms with E-state index in [1.54, 1.807) is 10.6 Å². The van der Waals surface area contributed by atoms with Gasteiger partial charge in [0.25, 0.3) is 0 Å². The number of rotatable bonds is 5. The van der Waals surface area contributed by atoms with Crippen molar-refractivity contribution in [1.29, 1.82) is 0 Å². The highest BCUT2D eigenvalue weighted by molar-refractivity contribution is 9.10. The van der Waals surface area contributed by atoms with Gasteiger partial charge >= 0.3 is 0 Å². The number of halogens is 2. The summed E-state index contributed by atoms with van der Waals surface area (Å²) in [7, 11) is 0. The molecule has 0 aliphatic carbocycles. The fourth-order valence-electron chi connectivity index (χ4n) is 1.94. The number of amides is 1. The first-order chi connectivity index (χ1) is 9.52. The Kier molecular flexibility index (Phi) is 4.93. The third kappa shape index (κ3) is 3.27. The van der Waals surface area contributed by atoms with Gasteiger partial charge in [0.05, 0.1) is 15.5 Å². The SMILES string of the molecule is CCCNC(=O)CCn1c(=S)[nH]c2cc(F)c(Br)cc21. The number of aromatic amines is 1. The quantitative estimate of drug-likeness (QED) is 0.802. The summed E-state index contributed by atoms with van der Waals surface area (Å²) in [6.07, 6.45) is 1.25. The molecule has 2 rings (SSSR count). The molecule has 4 nitrogen and oxygen atoms in total. The van der Waals surface area contributed by atoms with Gasteiger partial charge in [0.15, 0.2) is 4.77 Å². The van der Waals surface area contributed by atoms with Gasteiger partial charge in [-0.05, 0) is 40.6 Å². The Bertz CT molecular complexity index is 695. The van der Waals surface area contributed by atoms with Crippen molar-refractivity contribution in [2.24, 2.45) is 0 Å². The average Bonchev–Trinajstić information content (AvgIpc) is 2.70. The van der Waals surface area contributed by atoms with Crippen molar-refractivity contribution in [1.82, 2.24) is 14.9 Å². The Morgan fingerprint density at radius 2 is 2.30 bits per heavy atom. The smallest absolute Gasteiger partial charge is 0.221 e. The summed E-state index contributed by atoms with van der Waals surface area (Å²) < 4.78 is 16.1. The number of benzene rings is 1. The van der Waals surface area contributed by atoms with Crippen LogP contribution in [-0.2, 0) is 11.3 Å². The van der Waals surface area contributed by atoms with Crippen LogP contribution in [0, 0.1) is 10.6 Å². The zero-order valence-electron chi connectivity index (χ0n) is 11.0. The third-order valence-corrected chi connectivity index (χ3v) is 3.88. The molecule has 1 aromatic heterocycles. The number of hydrogen-bond acceptors (Lipinski definition) is 2. The van der Waals surface area contributed by atoms with E-state index in [1.165, 1.54) is 6.07 Å². The maximum atomic E-state index is 13.5. The van der Waals surface area contributed by atoms with Crippen molar-refractivity contribution in [2.75, 3.05) is 6.54 Å². The summed E-state index contributed by atoms with van der Waals surface area (Å²) in [6, 6.07) is 3.06. The van der Waals surface area contributed by atoms with Crippen molar-refractivity contribution in [3.05, 3.63) is 27.2 Å². The topological polar surface area (TPSA) is 49.8 Å². The van der Waals surface area contributed by atoms with Gasteiger partial charge < -0.3 is 14.9 Å². The van der Waals surface area contributed by atoms with Gasteiger partial charge in [0.2, 0.25) is 5.91 Å². The monoisotopic (exact) mass is 359 g/mol. The Labute approximate surface area is 129 Å². The summed E-state index contributed by atoms with van der Waals surface area (Å²) in [5, 5.41) is 2.82. The van der Waals surface area contributed by atoms with Crippen molar-refractivity contribution < 1.29 is 9.18 Å². The van der Waals surface area contributed by atoms with E-state index in [-0.39, 0.29) is 11.7 Å². The number of aryl methyl sites for hydroxylation is 1. The Morgan fingerprint density at radius 1 is 1.55 bits per heavy atom. The maximum Gasteiger partial charge on any atom is 0.221 e. The molecular weight excluding hydrogens is 345 g/mol. The molecule has 0 fully saturated rings. The molecule has 0 unspecified atom stereocenters. The van der Waals surface area contributed by atoms with Crippen LogP contribution in [0.5, 0.6) is 0 Å². The number of aromatic nitrogens is 2. The van der Waals surface area contributed by atoms with Gasteiger partial charge in [-0.15, -0.1) is 0 Å². The van der Waals surface area contributed by atoms with Crippen LogP contribution in [-0.4, -0.2) is 22.0 Å². The Hall–Kier alpha value is -1.21. The van der Waals surface area contributed by atoms with E-state index in [9.17, 15) is 9.18 Å². The number of nitrogens with zero attached hydrogens (tertiary/aromatic N) is 1. The largest absolute Gasteiger partial charge is 0.356 e. The van der Waals surface area contributed by atoms with Gasteiger partial charge in [-0.2, -0.15) is 0 Å². The van der Waals surface area contributed by atoms with E-state index in [1.807, 2.05) is 6.92 Å². The lowest BCUT2D eigenvalue weighted by atomic mass is 10.3. The first kappa shape index (κ1) is 15.2. The fraction of sp³-hybridized carbons (Fsp3) is 0.385. The van der Waals surface area contributed by atoms with Crippen LogP contribution >= 0.6 is 28.1 Å². The zero-order valence-corrected chi connectivity index (χ0v) is 13.4. The number of imidazole rings is 1. The number of hydrogen-bond donors (Lipinski definition) is 2. The second kappa shape index (κ2) is 6.49. The molecule has 2 aromatic rings. The highest BCUT2D eigenvalue weighted by Gasteiger charge is 2.10. The van der Waals surface area contributed by atoms with Crippen LogP contribution in [0.3, 0.4) is 0 Å². The second-order valence-corrected chi connectivity index (χ2v) is 5.71. The summed E-state index contributed by atoms with van der Waals surface area (Å²) in [4.78, 5) is 14.6. The number of fused-ring (bicyclic) bond motifs is 1. The van der Waals surface area contributed by atoms with E-state index in [0.717, 1.165) is 11.9 Å². The molecule has 1 heterocycles. The summed E-state index contributed by atoms with van der Waals surface area (Å²) in [6.45, 7) is 3.14. The van der Waals surface area contributed by atoms with Gasteiger partial charge in [0, 0.05) is 25.6 Å². The lowest BCUT2D eigenvalue weighted by Crippen LogP contribution is -2.25. The van der Waals surface area contributed by atoms with Gasteiger partial charge in [-0.25, -0.2) is 4.39 Å². The first-order valence-electron chi connectivity index (χ1n) is 6.37. The molecular formula is C13H15BrFN3OS.